The van der Waals surface area contributed by atoms with Gasteiger partial charge in [0.2, 0.25) is 15.9 Å². The van der Waals surface area contributed by atoms with Crippen LogP contribution in [-0.4, -0.2) is 44.5 Å². The van der Waals surface area contributed by atoms with Crippen LogP contribution < -0.4 is 5.32 Å². The van der Waals surface area contributed by atoms with Gasteiger partial charge in [-0.3, -0.25) is 4.79 Å². The zero-order chi connectivity index (χ0) is 13.8. The minimum absolute atomic E-state index is 0.0380. The molecule has 1 rings (SSSR count). The van der Waals surface area contributed by atoms with E-state index in [4.69, 9.17) is 0 Å². The number of nitrogens with zero attached hydrogens (tertiary/aromatic N) is 1. The van der Waals surface area contributed by atoms with Crippen LogP contribution in [0.2, 0.25) is 0 Å². The predicted molar refractivity (Wildman–Crippen MR) is 71.6 cm³/mol. The molecular formula is C12H24N2O3S. The number of hydrogen-bond donors (Lipinski definition) is 1. The summed E-state index contributed by atoms with van der Waals surface area (Å²) >= 11 is 0. The van der Waals surface area contributed by atoms with Crippen LogP contribution in [0.1, 0.15) is 33.1 Å². The Bertz CT molecular complexity index is 379. The monoisotopic (exact) mass is 276 g/mol. The lowest BCUT2D eigenvalue weighted by molar-refractivity contribution is -0.121. The first-order chi connectivity index (χ1) is 8.29. The van der Waals surface area contributed by atoms with Gasteiger partial charge < -0.3 is 5.32 Å². The fraction of sp³-hybridized carbons (Fsp3) is 0.917. The number of amides is 1. The van der Waals surface area contributed by atoms with Crippen molar-refractivity contribution in [1.82, 2.24) is 9.62 Å². The van der Waals surface area contributed by atoms with Crippen LogP contribution in [0.25, 0.3) is 0 Å². The van der Waals surface area contributed by atoms with Gasteiger partial charge >= 0.3 is 0 Å². The number of hydrogen-bond acceptors (Lipinski definition) is 3. The van der Waals surface area contributed by atoms with Crippen molar-refractivity contribution >= 4 is 15.9 Å². The minimum Gasteiger partial charge on any atom is -0.356 e. The molecule has 1 aliphatic rings. The van der Waals surface area contributed by atoms with Crippen molar-refractivity contribution in [2.24, 2.45) is 11.8 Å². The molecule has 1 saturated heterocycles. The van der Waals surface area contributed by atoms with Crippen LogP contribution in [0, 0.1) is 11.8 Å². The zero-order valence-corrected chi connectivity index (χ0v) is 12.3. The van der Waals surface area contributed by atoms with E-state index in [-0.39, 0.29) is 11.8 Å². The predicted octanol–water partition coefficient (Wildman–Crippen LogP) is 0.820. The second-order valence-corrected chi connectivity index (χ2v) is 7.49. The van der Waals surface area contributed by atoms with Crippen LogP contribution >= 0.6 is 0 Å². The third-order valence-electron chi connectivity index (χ3n) is 3.24. The number of carbonyl (C=O) groups excluding carboxylic acids is 1. The molecule has 0 aromatic heterocycles. The molecule has 0 aromatic rings. The zero-order valence-electron chi connectivity index (χ0n) is 11.5. The molecule has 0 aromatic carbocycles. The third kappa shape index (κ3) is 5.35. The van der Waals surface area contributed by atoms with Crippen molar-refractivity contribution in [2.45, 2.75) is 33.1 Å². The van der Waals surface area contributed by atoms with Crippen molar-refractivity contribution < 1.29 is 13.2 Å². The quantitative estimate of drug-likeness (QED) is 0.781. The molecule has 6 heteroatoms. The highest BCUT2D eigenvalue weighted by Gasteiger charge is 2.29. The highest BCUT2D eigenvalue weighted by atomic mass is 32.2. The second-order valence-electron chi connectivity index (χ2n) is 5.51. The summed E-state index contributed by atoms with van der Waals surface area (Å²) in [5.41, 5.74) is 0. The summed E-state index contributed by atoms with van der Waals surface area (Å²) in [6.45, 7) is 5.97. The summed E-state index contributed by atoms with van der Waals surface area (Å²) in [5, 5.41) is 2.89. The molecule has 1 unspecified atom stereocenters. The van der Waals surface area contributed by atoms with Crippen LogP contribution in [0.4, 0.5) is 0 Å². The first-order valence-electron chi connectivity index (χ1n) is 6.51. The van der Waals surface area contributed by atoms with Gasteiger partial charge in [0.1, 0.15) is 0 Å². The van der Waals surface area contributed by atoms with Crippen molar-refractivity contribution in [3.8, 4) is 0 Å². The van der Waals surface area contributed by atoms with Gasteiger partial charge in [0.15, 0.2) is 0 Å². The van der Waals surface area contributed by atoms with Crippen molar-refractivity contribution in [2.75, 3.05) is 25.9 Å². The highest BCUT2D eigenvalue weighted by molar-refractivity contribution is 7.88. The van der Waals surface area contributed by atoms with E-state index >= 15 is 0 Å². The average molecular weight is 276 g/mol. The van der Waals surface area contributed by atoms with E-state index in [9.17, 15) is 13.2 Å². The molecule has 1 aliphatic heterocycles. The lowest BCUT2D eigenvalue weighted by Gasteiger charge is -2.13. The normalized spacial score (nSPS) is 21.4. The van der Waals surface area contributed by atoms with Crippen molar-refractivity contribution in [3.63, 3.8) is 0 Å². The summed E-state index contributed by atoms with van der Waals surface area (Å²) in [4.78, 5) is 11.7. The lowest BCUT2D eigenvalue weighted by Crippen LogP contribution is -2.30. The maximum Gasteiger partial charge on any atom is 0.220 e. The average Bonchev–Trinajstić information content (AvgIpc) is 2.64. The maximum absolute atomic E-state index is 11.7. The SMILES string of the molecule is CC(C)CCNC(=O)CC1CCN(S(C)(=O)=O)C1. The van der Waals surface area contributed by atoms with Crippen LogP contribution in [-0.2, 0) is 14.8 Å². The second kappa shape index (κ2) is 6.52. The molecule has 0 aliphatic carbocycles. The largest absolute Gasteiger partial charge is 0.356 e. The van der Waals surface area contributed by atoms with E-state index < -0.39 is 10.0 Å². The Balaban J connectivity index is 2.26. The van der Waals surface area contributed by atoms with E-state index in [1.54, 1.807) is 0 Å². The van der Waals surface area contributed by atoms with Gasteiger partial charge in [0.05, 0.1) is 6.26 Å². The summed E-state index contributed by atoms with van der Waals surface area (Å²) < 4.78 is 24.1. The molecule has 1 fully saturated rings. The molecule has 0 saturated carbocycles. The van der Waals surface area contributed by atoms with Crippen LogP contribution in [0.3, 0.4) is 0 Å². The number of rotatable bonds is 6. The number of nitrogens with one attached hydrogen (secondary N) is 1. The Labute approximate surface area is 110 Å². The lowest BCUT2D eigenvalue weighted by atomic mass is 10.0. The Kier molecular flexibility index (Phi) is 5.59. The molecule has 106 valence electrons. The van der Waals surface area contributed by atoms with Gasteiger partial charge in [-0.25, -0.2) is 12.7 Å². The fourth-order valence-electron chi connectivity index (χ4n) is 2.10. The Morgan fingerprint density at radius 3 is 2.61 bits per heavy atom. The Morgan fingerprint density at radius 2 is 2.11 bits per heavy atom. The summed E-state index contributed by atoms with van der Waals surface area (Å²) in [7, 11) is -3.10. The molecule has 1 N–H and O–H groups in total. The number of sulfonamides is 1. The molecular weight excluding hydrogens is 252 g/mol. The first-order valence-corrected chi connectivity index (χ1v) is 8.35. The van der Waals surface area contributed by atoms with E-state index in [1.165, 1.54) is 10.6 Å². The molecule has 1 heterocycles. The summed E-state index contributed by atoms with van der Waals surface area (Å²) in [6.07, 6.45) is 3.42. The van der Waals surface area contributed by atoms with Crippen LogP contribution in [0.5, 0.6) is 0 Å². The summed E-state index contributed by atoms with van der Waals surface area (Å²) in [5.74, 6) is 0.785. The molecule has 0 spiro atoms. The van der Waals surface area contributed by atoms with Crippen molar-refractivity contribution in [3.05, 3.63) is 0 Å². The Hall–Kier alpha value is -0.620. The molecule has 18 heavy (non-hydrogen) atoms. The van der Waals surface area contributed by atoms with E-state index in [0.717, 1.165) is 12.8 Å². The van der Waals surface area contributed by atoms with Crippen molar-refractivity contribution in [1.29, 1.82) is 0 Å². The third-order valence-corrected chi connectivity index (χ3v) is 4.51. The van der Waals surface area contributed by atoms with E-state index in [2.05, 4.69) is 19.2 Å². The maximum atomic E-state index is 11.7. The minimum atomic E-state index is -3.10. The topological polar surface area (TPSA) is 66.5 Å². The molecule has 1 atom stereocenters. The summed E-state index contributed by atoms with van der Waals surface area (Å²) in [6, 6.07) is 0. The Morgan fingerprint density at radius 1 is 1.44 bits per heavy atom. The standard InChI is InChI=1S/C12H24N2O3S/c1-10(2)4-6-13-12(15)8-11-5-7-14(9-11)18(3,16)17/h10-11H,4-9H2,1-3H3,(H,13,15). The van der Waals surface area contributed by atoms with Gasteiger partial charge in [0, 0.05) is 26.1 Å². The van der Waals surface area contributed by atoms with Gasteiger partial charge in [-0.15, -0.1) is 0 Å². The van der Waals surface area contributed by atoms with Gasteiger partial charge in [-0.1, -0.05) is 13.8 Å². The fourth-order valence-corrected chi connectivity index (χ4v) is 3.02. The van der Waals surface area contributed by atoms with Crippen LogP contribution in [0.15, 0.2) is 0 Å². The van der Waals surface area contributed by atoms with Gasteiger partial charge in [-0.2, -0.15) is 0 Å². The number of carbonyl (C=O) groups is 1. The van der Waals surface area contributed by atoms with E-state index in [0.29, 0.717) is 32.0 Å². The van der Waals surface area contributed by atoms with E-state index in [1.807, 2.05) is 0 Å². The highest BCUT2D eigenvalue weighted by Crippen LogP contribution is 2.21. The van der Waals surface area contributed by atoms with Gasteiger partial charge in [-0.05, 0) is 24.7 Å². The molecule has 0 bridgehead atoms. The molecule has 5 nitrogen and oxygen atoms in total. The smallest absolute Gasteiger partial charge is 0.220 e. The molecule has 0 radical (unpaired) electrons. The van der Waals surface area contributed by atoms with Gasteiger partial charge in [0.25, 0.3) is 0 Å². The first kappa shape index (κ1) is 15.4. The molecule has 1 amide bonds.